The van der Waals surface area contributed by atoms with Crippen molar-refractivity contribution >= 4 is 0 Å². The number of methoxy groups -OCH3 is 1. The van der Waals surface area contributed by atoms with Gasteiger partial charge in [-0.15, -0.1) is 0 Å². The molecule has 0 saturated heterocycles. The molecule has 1 rings (SSSR count). The minimum Gasteiger partial charge on any atom is -0.497 e. The van der Waals surface area contributed by atoms with E-state index < -0.39 is 0 Å². The standard InChI is InChI=1S/C15H26N2O2/c1-4-17(9-10-19-5-2)12-15(16)13-7-6-8-14(11-13)18-3/h6-8,11,15H,4-5,9-10,12,16H2,1-3H3. The summed E-state index contributed by atoms with van der Waals surface area (Å²) >= 11 is 0. The molecule has 0 saturated carbocycles. The van der Waals surface area contributed by atoms with Crippen LogP contribution >= 0.6 is 0 Å². The Kier molecular flexibility index (Phi) is 7.48. The van der Waals surface area contributed by atoms with E-state index in [0.29, 0.717) is 0 Å². The van der Waals surface area contributed by atoms with Crippen LogP contribution in [0, 0.1) is 0 Å². The van der Waals surface area contributed by atoms with Crippen LogP contribution in [0.2, 0.25) is 0 Å². The van der Waals surface area contributed by atoms with Crippen molar-refractivity contribution in [1.29, 1.82) is 0 Å². The molecule has 1 atom stereocenters. The first-order chi connectivity index (χ1) is 9.21. The molecule has 108 valence electrons. The van der Waals surface area contributed by atoms with Gasteiger partial charge in [0.1, 0.15) is 5.75 Å². The van der Waals surface area contributed by atoms with E-state index in [-0.39, 0.29) is 6.04 Å². The number of ether oxygens (including phenoxy) is 2. The second-order valence-electron chi connectivity index (χ2n) is 4.47. The molecule has 0 aliphatic rings. The molecular formula is C15H26N2O2. The van der Waals surface area contributed by atoms with Crippen molar-refractivity contribution in [2.75, 3.05) is 40.0 Å². The Labute approximate surface area is 116 Å². The summed E-state index contributed by atoms with van der Waals surface area (Å²) in [5.41, 5.74) is 7.37. The predicted molar refractivity (Wildman–Crippen MR) is 78.5 cm³/mol. The van der Waals surface area contributed by atoms with Crippen molar-refractivity contribution in [1.82, 2.24) is 4.90 Å². The zero-order chi connectivity index (χ0) is 14.1. The van der Waals surface area contributed by atoms with Crippen molar-refractivity contribution in [3.63, 3.8) is 0 Å². The maximum atomic E-state index is 6.26. The fourth-order valence-corrected chi connectivity index (χ4v) is 1.97. The number of nitrogens with zero attached hydrogens (tertiary/aromatic N) is 1. The lowest BCUT2D eigenvalue weighted by Crippen LogP contribution is -2.34. The quantitative estimate of drug-likeness (QED) is 0.695. The molecule has 0 amide bonds. The van der Waals surface area contributed by atoms with Gasteiger partial charge in [0.25, 0.3) is 0 Å². The fourth-order valence-electron chi connectivity index (χ4n) is 1.97. The average Bonchev–Trinajstić information content (AvgIpc) is 2.46. The monoisotopic (exact) mass is 266 g/mol. The first kappa shape index (κ1) is 16.0. The molecule has 0 aromatic heterocycles. The summed E-state index contributed by atoms with van der Waals surface area (Å²) in [4.78, 5) is 2.31. The van der Waals surface area contributed by atoms with E-state index >= 15 is 0 Å². The molecule has 0 aliphatic carbocycles. The molecular weight excluding hydrogens is 240 g/mol. The van der Waals surface area contributed by atoms with E-state index in [1.54, 1.807) is 7.11 Å². The van der Waals surface area contributed by atoms with Gasteiger partial charge >= 0.3 is 0 Å². The SMILES string of the molecule is CCOCCN(CC)CC(N)c1cccc(OC)c1. The molecule has 4 nitrogen and oxygen atoms in total. The van der Waals surface area contributed by atoms with E-state index in [1.165, 1.54) is 0 Å². The van der Waals surface area contributed by atoms with Gasteiger partial charge in [-0.3, -0.25) is 4.90 Å². The van der Waals surface area contributed by atoms with Gasteiger partial charge in [0.15, 0.2) is 0 Å². The Bertz CT molecular complexity index is 358. The minimum absolute atomic E-state index is 0.00308. The Morgan fingerprint density at radius 2 is 2.11 bits per heavy atom. The Hall–Kier alpha value is -1.10. The summed E-state index contributed by atoms with van der Waals surface area (Å²) in [6.45, 7) is 8.40. The zero-order valence-electron chi connectivity index (χ0n) is 12.3. The van der Waals surface area contributed by atoms with Crippen LogP contribution in [0.25, 0.3) is 0 Å². The van der Waals surface area contributed by atoms with Gasteiger partial charge < -0.3 is 15.2 Å². The molecule has 1 aromatic rings. The van der Waals surface area contributed by atoms with Crippen LogP contribution in [-0.2, 0) is 4.74 Å². The van der Waals surface area contributed by atoms with E-state index in [0.717, 1.165) is 44.2 Å². The highest BCUT2D eigenvalue weighted by molar-refractivity contribution is 5.30. The first-order valence-corrected chi connectivity index (χ1v) is 6.90. The lowest BCUT2D eigenvalue weighted by Gasteiger charge is -2.24. The van der Waals surface area contributed by atoms with E-state index in [9.17, 15) is 0 Å². The van der Waals surface area contributed by atoms with E-state index in [2.05, 4.69) is 11.8 Å². The fraction of sp³-hybridized carbons (Fsp3) is 0.600. The van der Waals surface area contributed by atoms with Gasteiger partial charge in [0.2, 0.25) is 0 Å². The maximum Gasteiger partial charge on any atom is 0.119 e. The number of hydrogen-bond donors (Lipinski definition) is 1. The molecule has 0 bridgehead atoms. The second-order valence-corrected chi connectivity index (χ2v) is 4.47. The summed E-state index contributed by atoms with van der Waals surface area (Å²) < 4.78 is 10.6. The molecule has 0 aliphatic heterocycles. The van der Waals surface area contributed by atoms with Crippen LogP contribution in [0.5, 0.6) is 5.75 Å². The summed E-state index contributed by atoms with van der Waals surface area (Å²) in [6, 6.07) is 7.95. The van der Waals surface area contributed by atoms with Crippen LogP contribution in [0.4, 0.5) is 0 Å². The highest BCUT2D eigenvalue weighted by Gasteiger charge is 2.11. The van der Waals surface area contributed by atoms with E-state index in [4.69, 9.17) is 15.2 Å². The Morgan fingerprint density at radius 1 is 1.32 bits per heavy atom. The third-order valence-electron chi connectivity index (χ3n) is 3.18. The highest BCUT2D eigenvalue weighted by Crippen LogP contribution is 2.18. The molecule has 0 heterocycles. The smallest absolute Gasteiger partial charge is 0.119 e. The third-order valence-corrected chi connectivity index (χ3v) is 3.18. The van der Waals surface area contributed by atoms with Crippen molar-refractivity contribution in [2.24, 2.45) is 5.73 Å². The minimum atomic E-state index is -0.00308. The topological polar surface area (TPSA) is 47.7 Å². The molecule has 0 spiro atoms. The summed E-state index contributed by atoms with van der Waals surface area (Å²) in [6.07, 6.45) is 0. The molecule has 19 heavy (non-hydrogen) atoms. The summed E-state index contributed by atoms with van der Waals surface area (Å²) in [5.74, 6) is 0.852. The number of likely N-dealkylation sites (N-methyl/N-ethyl adjacent to an activating group) is 1. The van der Waals surface area contributed by atoms with Gasteiger partial charge in [0.05, 0.1) is 13.7 Å². The second kappa shape index (κ2) is 8.91. The van der Waals surface area contributed by atoms with Crippen LogP contribution in [0.15, 0.2) is 24.3 Å². The van der Waals surface area contributed by atoms with Gasteiger partial charge in [0, 0.05) is 25.7 Å². The van der Waals surface area contributed by atoms with Crippen LogP contribution in [-0.4, -0.2) is 44.9 Å². The van der Waals surface area contributed by atoms with Crippen molar-refractivity contribution in [3.05, 3.63) is 29.8 Å². The van der Waals surface area contributed by atoms with Gasteiger partial charge in [-0.1, -0.05) is 19.1 Å². The molecule has 2 N–H and O–H groups in total. The van der Waals surface area contributed by atoms with Crippen LogP contribution < -0.4 is 10.5 Å². The Morgan fingerprint density at radius 3 is 2.74 bits per heavy atom. The number of benzene rings is 1. The van der Waals surface area contributed by atoms with Gasteiger partial charge in [-0.05, 0) is 31.2 Å². The van der Waals surface area contributed by atoms with Crippen molar-refractivity contribution < 1.29 is 9.47 Å². The Balaban J connectivity index is 2.53. The summed E-state index contributed by atoms with van der Waals surface area (Å²) in [7, 11) is 1.67. The molecule has 0 radical (unpaired) electrons. The molecule has 4 heteroatoms. The zero-order valence-corrected chi connectivity index (χ0v) is 12.3. The lowest BCUT2D eigenvalue weighted by molar-refractivity contribution is 0.113. The third kappa shape index (κ3) is 5.59. The predicted octanol–water partition coefficient (Wildman–Crippen LogP) is 2.05. The maximum absolute atomic E-state index is 6.26. The average molecular weight is 266 g/mol. The van der Waals surface area contributed by atoms with Gasteiger partial charge in [-0.2, -0.15) is 0 Å². The molecule has 0 fully saturated rings. The summed E-state index contributed by atoms with van der Waals surface area (Å²) in [5, 5.41) is 0. The lowest BCUT2D eigenvalue weighted by atomic mass is 10.1. The molecule has 1 aromatic carbocycles. The highest BCUT2D eigenvalue weighted by atomic mass is 16.5. The first-order valence-electron chi connectivity index (χ1n) is 6.90. The van der Waals surface area contributed by atoms with Crippen LogP contribution in [0.3, 0.4) is 0 Å². The largest absolute Gasteiger partial charge is 0.497 e. The molecule has 1 unspecified atom stereocenters. The van der Waals surface area contributed by atoms with Crippen molar-refractivity contribution in [2.45, 2.75) is 19.9 Å². The normalized spacial score (nSPS) is 12.7. The van der Waals surface area contributed by atoms with Crippen LogP contribution in [0.1, 0.15) is 25.5 Å². The number of hydrogen-bond acceptors (Lipinski definition) is 4. The number of nitrogens with two attached hydrogens (primary N) is 1. The van der Waals surface area contributed by atoms with E-state index in [1.807, 2.05) is 31.2 Å². The van der Waals surface area contributed by atoms with Gasteiger partial charge in [-0.25, -0.2) is 0 Å². The van der Waals surface area contributed by atoms with Crippen molar-refractivity contribution in [3.8, 4) is 5.75 Å². The number of rotatable bonds is 9.